The summed E-state index contributed by atoms with van der Waals surface area (Å²) in [7, 11) is -1.05. The van der Waals surface area contributed by atoms with E-state index in [1.165, 1.54) is 6.20 Å². The van der Waals surface area contributed by atoms with Crippen LogP contribution in [0.25, 0.3) is 0 Å². The lowest BCUT2D eigenvalue weighted by Gasteiger charge is -2.34. The van der Waals surface area contributed by atoms with E-state index in [1.807, 2.05) is 25.7 Å². The molecule has 1 aliphatic heterocycles. The molecule has 0 spiro atoms. The van der Waals surface area contributed by atoms with Gasteiger partial charge >= 0.3 is 0 Å². The van der Waals surface area contributed by atoms with Gasteiger partial charge in [0.2, 0.25) is 5.91 Å². The Balaban J connectivity index is 1.64. The Kier molecular flexibility index (Phi) is 6.72. The quantitative estimate of drug-likeness (QED) is 0.720. The Morgan fingerprint density at radius 1 is 1.20 bits per heavy atom. The van der Waals surface area contributed by atoms with E-state index in [2.05, 4.69) is 9.46 Å². The number of piperidine rings is 1. The Morgan fingerprint density at radius 3 is 2.43 bits per heavy atom. The van der Waals surface area contributed by atoms with E-state index in [4.69, 9.17) is 4.74 Å². The largest absolute Gasteiger partial charge is 0.381 e. The molecule has 0 N–H and O–H groups in total. The van der Waals surface area contributed by atoms with Crippen LogP contribution < -0.4 is 0 Å². The number of carbonyl (C=O) groups is 2. The highest BCUT2D eigenvalue weighted by molar-refractivity contribution is 7.93. The first kappa shape index (κ1) is 22.9. The first-order valence-electron chi connectivity index (χ1n) is 10.6. The van der Waals surface area contributed by atoms with Crippen LogP contribution in [0, 0.1) is 5.92 Å². The maximum absolute atomic E-state index is 13.2. The van der Waals surface area contributed by atoms with Crippen LogP contribution in [0.4, 0.5) is 0 Å². The van der Waals surface area contributed by atoms with Crippen molar-refractivity contribution >= 4 is 21.5 Å². The summed E-state index contributed by atoms with van der Waals surface area (Å²) in [6.07, 6.45) is 8.67. The molecule has 1 aromatic heterocycles. The topological polar surface area (TPSA) is 93.9 Å². The highest BCUT2D eigenvalue weighted by Gasteiger charge is 2.37. The molecule has 2 amide bonds. The minimum atomic E-state index is -2.71. The molecule has 3 rings (SSSR count). The normalized spacial score (nSPS) is 25.2. The predicted octanol–water partition coefficient (Wildman–Crippen LogP) is 2.68. The first-order valence-corrected chi connectivity index (χ1v) is 12.6. The summed E-state index contributed by atoms with van der Waals surface area (Å²) >= 11 is 0. The Hall–Kier alpha value is -1.74. The van der Waals surface area contributed by atoms with Crippen molar-refractivity contribution in [2.75, 3.05) is 26.5 Å². The Morgan fingerprint density at radius 2 is 1.87 bits per heavy atom. The van der Waals surface area contributed by atoms with E-state index in [9.17, 15) is 13.8 Å². The lowest BCUT2D eigenvalue weighted by molar-refractivity contribution is -0.139. The second kappa shape index (κ2) is 8.78. The second-order valence-corrected chi connectivity index (χ2v) is 12.0. The molecule has 9 heteroatoms. The maximum Gasteiger partial charge on any atom is 0.288 e. The van der Waals surface area contributed by atoms with Crippen molar-refractivity contribution in [2.45, 2.75) is 69.8 Å². The summed E-state index contributed by atoms with van der Waals surface area (Å²) in [4.78, 5) is 27.3. The number of likely N-dealkylation sites (tertiary alicyclic amines) is 1. The lowest BCUT2D eigenvalue weighted by Crippen LogP contribution is -2.46. The van der Waals surface area contributed by atoms with Gasteiger partial charge in [0, 0.05) is 37.9 Å². The number of carbonyl (C=O) groups excluding carboxylic acids is 2. The van der Waals surface area contributed by atoms with E-state index in [1.54, 1.807) is 24.2 Å². The lowest BCUT2D eigenvalue weighted by atomic mass is 10.0. The summed E-state index contributed by atoms with van der Waals surface area (Å²) in [5.74, 6) is -0.420. The third kappa shape index (κ3) is 4.94. The molecule has 2 fully saturated rings. The average molecular weight is 439 g/mol. The fourth-order valence-corrected chi connectivity index (χ4v) is 6.00. The van der Waals surface area contributed by atoms with Gasteiger partial charge in [-0.05, 0) is 52.9 Å². The van der Waals surface area contributed by atoms with Gasteiger partial charge in [-0.25, -0.2) is 4.21 Å². The number of methoxy groups -OCH3 is 1. The SMILES string of the molecule is COC1CCCC1C(=O)N1CCC(S(C)(=O)=NC(=O)c2cnn(C(C)(C)C)c2)CC1. The molecule has 3 atom stereocenters. The standard InChI is InChI=1S/C21H34N4O4S/c1-21(2,3)25-14-15(13-22-25)19(26)23-30(5,28)16-9-11-24(12-10-16)20(27)17-7-6-8-18(17)29-4/h13-14,16-18H,6-12H2,1-5H3. The van der Waals surface area contributed by atoms with Gasteiger partial charge in [0.15, 0.2) is 0 Å². The van der Waals surface area contributed by atoms with Gasteiger partial charge in [-0.2, -0.15) is 9.46 Å². The van der Waals surface area contributed by atoms with E-state index in [-0.39, 0.29) is 28.7 Å². The van der Waals surface area contributed by atoms with E-state index >= 15 is 0 Å². The van der Waals surface area contributed by atoms with Crippen molar-refractivity contribution in [3.63, 3.8) is 0 Å². The zero-order valence-corrected chi connectivity index (χ0v) is 19.5. The van der Waals surface area contributed by atoms with Crippen LogP contribution in [-0.2, 0) is 24.8 Å². The Bertz CT molecular complexity index is 902. The third-order valence-corrected chi connectivity index (χ3v) is 8.46. The number of hydrogen-bond acceptors (Lipinski definition) is 5. The van der Waals surface area contributed by atoms with Gasteiger partial charge in [0.1, 0.15) is 0 Å². The molecule has 2 heterocycles. The molecule has 30 heavy (non-hydrogen) atoms. The molecule has 1 saturated carbocycles. The molecule has 168 valence electrons. The zero-order chi connectivity index (χ0) is 22.1. The van der Waals surface area contributed by atoms with Gasteiger partial charge < -0.3 is 9.64 Å². The molecule has 3 unspecified atom stereocenters. The molecule has 0 aromatic carbocycles. The molecule has 1 aliphatic carbocycles. The maximum atomic E-state index is 13.2. The molecule has 0 radical (unpaired) electrons. The van der Waals surface area contributed by atoms with E-state index < -0.39 is 15.6 Å². The number of hydrogen-bond donors (Lipinski definition) is 0. The number of aromatic nitrogens is 2. The average Bonchev–Trinajstić information content (AvgIpc) is 3.36. The van der Waals surface area contributed by atoms with Crippen molar-refractivity contribution in [2.24, 2.45) is 10.3 Å². The van der Waals surface area contributed by atoms with Gasteiger partial charge in [-0.15, -0.1) is 0 Å². The Labute approximate surface area is 179 Å². The fraction of sp³-hybridized carbons (Fsp3) is 0.762. The summed E-state index contributed by atoms with van der Waals surface area (Å²) < 4.78 is 24.5. The van der Waals surface area contributed by atoms with Gasteiger partial charge in [0.05, 0.1) is 39.1 Å². The first-order chi connectivity index (χ1) is 14.0. The number of ether oxygens (including phenoxy) is 1. The van der Waals surface area contributed by atoms with Crippen LogP contribution in [0.1, 0.15) is 63.2 Å². The minimum absolute atomic E-state index is 0.00672. The van der Waals surface area contributed by atoms with Gasteiger partial charge in [0.25, 0.3) is 5.91 Å². The van der Waals surface area contributed by atoms with Crippen molar-refractivity contribution in [1.29, 1.82) is 0 Å². The van der Waals surface area contributed by atoms with Crippen molar-refractivity contribution in [3.05, 3.63) is 18.0 Å². The molecule has 1 aromatic rings. The van der Waals surface area contributed by atoms with Crippen LogP contribution in [0.5, 0.6) is 0 Å². The predicted molar refractivity (Wildman–Crippen MR) is 116 cm³/mol. The molecule has 2 aliphatic rings. The van der Waals surface area contributed by atoms with Crippen molar-refractivity contribution in [1.82, 2.24) is 14.7 Å². The monoisotopic (exact) mass is 438 g/mol. The number of rotatable bonds is 4. The summed E-state index contributed by atoms with van der Waals surface area (Å²) in [5, 5.41) is 4.02. The third-order valence-electron chi connectivity index (χ3n) is 6.23. The smallest absolute Gasteiger partial charge is 0.288 e. The van der Waals surface area contributed by atoms with Crippen LogP contribution in [-0.4, -0.2) is 68.5 Å². The molecule has 0 bridgehead atoms. The molecule has 8 nitrogen and oxygen atoms in total. The van der Waals surface area contributed by atoms with Crippen LogP contribution in [0.3, 0.4) is 0 Å². The van der Waals surface area contributed by atoms with Gasteiger partial charge in [-0.1, -0.05) is 0 Å². The van der Waals surface area contributed by atoms with Crippen molar-refractivity contribution in [3.8, 4) is 0 Å². The molecular weight excluding hydrogens is 404 g/mol. The summed E-state index contributed by atoms with van der Waals surface area (Å²) in [6, 6.07) is 0. The van der Waals surface area contributed by atoms with E-state index in [0.29, 0.717) is 31.5 Å². The second-order valence-electron chi connectivity index (χ2n) is 9.44. The zero-order valence-electron chi connectivity index (χ0n) is 18.7. The number of nitrogens with zero attached hydrogens (tertiary/aromatic N) is 4. The fourth-order valence-electron chi connectivity index (χ4n) is 4.33. The highest BCUT2D eigenvalue weighted by atomic mass is 32.2. The summed E-state index contributed by atoms with van der Waals surface area (Å²) in [5.41, 5.74) is 0.103. The number of amides is 2. The summed E-state index contributed by atoms with van der Waals surface area (Å²) in [6.45, 7) is 7.07. The minimum Gasteiger partial charge on any atom is -0.381 e. The van der Waals surface area contributed by atoms with Gasteiger partial charge in [-0.3, -0.25) is 14.3 Å². The van der Waals surface area contributed by atoms with Crippen LogP contribution in [0.15, 0.2) is 16.8 Å². The highest BCUT2D eigenvalue weighted by Crippen LogP contribution is 2.31. The molecule has 1 saturated heterocycles. The van der Waals surface area contributed by atoms with E-state index in [0.717, 1.165) is 19.3 Å². The van der Waals surface area contributed by atoms with Crippen molar-refractivity contribution < 1.29 is 18.5 Å². The van der Waals surface area contributed by atoms with Crippen LogP contribution in [0.2, 0.25) is 0 Å². The molecular formula is C21H34N4O4S. The van der Waals surface area contributed by atoms with Crippen LogP contribution >= 0.6 is 0 Å².